The van der Waals surface area contributed by atoms with E-state index in [0.29, 0.717) is 30.9 Å². The number of carbonyl (C=O) groups excluding carboxylic acids is 1. The topological polar surface area (TPSA) is 38.3 Å². The van der Waals surface area contributed by atoms with Crippen molar-refractivity contribution in [3.63, 3.8) is 0 Å². The summed E-state index contributed by atoms with van der Waals surface area (Å²) in [5.41, 5.74) is 0.407. The molecule has 0 saturated heterocycles. The Balaban J connectivity index is 1.70. The second kappa shape index (κ2) is 9.09. The number of hydrogen-bond donors (Lipinski definition) is 1. The van der Waals surface area contributed by atoms with Crippen LogP contribution in [0.25, 0.3) is 10.8 Å². The molecule has 0 atom stereocenters. The Labute approximate surface area is 183 Å². The van der Waals surface area contributed by atoms with E-state index >= 15 is 0 Å². The molecule has 4 rings (SSSR count). The van der Waals surface area contributed by atoms with Crippen LogP contribution in [0.5, 0.6) is 5.75 Å². The maximum Gasteiger partial charge on any atom is 0.235 e. The van der Waals surface area contributed by atoms with Crippen molar-refractivity contribution in [2.45, 2.75) is 51.4 Å². The molecule has 31 heavy (non-hydrogen) atoms. The molecule has 1 saturated carbocycles. The van der Waals surface area contributed by atoms with Crippen molar-refractivity contribution >= 4 is 22.4 Å². The molecule has 0 spiro atoms. The zero-order valence-electron chi connectivity index (χ0n) is 18.3. The Morgan fingerprint density at radius 3 is 2.35 bits per heavy atom. The van der Waals surface area contributed by atoms with E-state index in [2.05, 4.69) is 19.2 Å². The summed E-state index contributed by atoms with van der Waals surface area (Å²) < 4.78 is 20.8. The molecule has 4 heteroatoms. The summed E-state index contributed by atoms with van der Waals surface area (Å²) in [4.78, 5) is 13.7. The third-order valence-electron chi connectivity index (χ3n) is 6.24. The second-order valence-corrected chi connectivity index (χ2v) is 8.94. The third-order valence-corrected chi connectivity index (χ3v) is 6.24. The minimum absolute atomic E-state index is 0.127. The average Bonchev–Trinajstić information content (AvgIpc) is 2.79. The summed E-state index contributed by atoms with van der Waals surface area (Å²) in [6.07, 6.45) is 4.24. The molecule has 0 heterocycles. The predicted molar refractivity (Wildman–Crippen MR) is 124 cm³/mol. The fourth-order valence-corrected chi connectivity index (χ4v) is 4.63. The average molecular weight is 420 g/mol. The molecule has 0 bridgehead atoms. The SMILES string of the molecule is CC(C)COc1ccc(NC(=O)C2(c3ccccc3F)CCCCC2)c2ccccc12. The molecule has 162 valence electrons. The number of fused-ring (bicyclic) bond motifs is 1. The van der Waals surface area contributed by atoms with Crippen LogP contribution in [0, 0.1) is 11.7 Å². The van der Waals surface area contributed by atoms with Gasteiger partial charge in [-0.15, -0.1) is 0 Å². The van der Waals surface area contributed by atoms with Crippen LogP contribution in [0.2, 0.25) is 0 Å². The Morgan fingerprint density at radius 2 is 1.65 bits per heavy atom. The first kappa shape index (κ1) is 21.4. The fraction of sp³-hybridized carbons (Fsp3) is 0.370. The second-order valence-electron chi connectivity index (χ2n) is 8.94. The van der Waals surface area contributed by atoms with Crippen molar-refractivity contribution in [1.82, 2.24) is 0 Å². The van der Waals surface area contributed by atoms with Gasteiger partial charge in [0.25, 0.3) is 0 Å². The Morgan fingerprint density at radius 1 is 0.968 bits per heavy atom. The number of amides is 1. The van der Waals surface area contributed by atoms with Crippen LogP contribution in [-0.2, 0) is 10.2 Å². The van der Waals surface area contributed by atoms with E-state index in [4.69, 9.17) is 4.74 Å². The number of anilines is 1. The Hall–Kier alpha value is -2.88. The van der Waals surface area contributed by atoms with Crippen molar-refractivity contribution in [3.8, 4) is 5.75 Å². The van der Waals surface area contributed by atoms with Gasteiger partial charge < -0.3 is 10.1 Å². The van der Waals surface area contributed by atoms with Crippen LogP contribution in [0.1, 0.15) is 51.5 Å². The van der Waals surface area contributed by atoms with Gasteiger partial charge in [0, 0.05) is 22.0 Å². The van der Waals surface area contributed by atoms with Gasteiger partial charge in [-0.25, -0.2) is 4.39 Å². The summed E-state index contributed by atoms with van der Waals surface area (Å²) in [7, 11) is 0. The number of carbonyl (C=O) groups is 1. The van der Waals surface area contributed by atoms with Gasteiger partial charge in [-0.05, 0) is 37.0 Å². The molecule has 0 aromatic heterocycles. The third kappa shape index (κ3) is 4.30. The van der Waals surface area contributed by atoms with Gasteiger partial charge in [0.2, 0.25) is 5.91 Å². The van der Waals surface area contributed by atoms with Crippen LogP contribution >= 0.6 is 0 Å². The largest absolute Gasteiger partial charge is 0.493 e. The van der Waals surface area contributed by atoms with Crippen LogP contribution in [0.15, 0.2) is 60.7 Å². The summed E-state index contributed by atoms with van der Waals surface area (Å²) in [5.74, 6) is 0.800. The number of hydrogen-bond acceptors (Lipinski definition) is 2. The van der Waals surface area contributed by atoms with Crippen LogP contribution in [0.4, 0.5) is 10.1 Å². The van der Waals surface area contributed by atoms with Gasteiger partial charge in [-0.3, -0.25) is 4.79 Å². The number of halogens is 1. The summed E-state index contributed by atoms with van der Waals surface area (Å²) in [6, 6.07) is 18.4. The molecule has 1 fully saturated rings. The molecule has 3 aromatic rings. The van der Waals surface area contributed by atoms with E-state index in [1.54, 1.807) is 12.1 Å². The van der Waals surface area contributed by atoms with E-state index in [0.717, 1.165) is 41.5 Å². The van der Waals surface area contributed by atoms with E-state index in [9.17, 15) is 9.18 Å². The summed E-state index contributed by atoms with van der Waals surface area (Å²) in [5, 5.41) is 5.04. The smallest absolute Gasteiger partial charge is 0.235 e. The van der Waals surface area contributed by atoms with Gasteiger partial charge in [0.05, 0.1) is 12.0 Å². The standard InChI is InChI=1S/C27H30FNO2/c1-19(2)18-31-25-15-14-24(20-10-4-5-11-21(20)25)29-26(30)27(16-8-3-9-17-27)22-12-6-7-13-23(22)28/h4-7,10-15,19H,3,8-9,16-18H2,1-2H3,(H,29,30). The first-order valence-electron chi connectivity index (χ1n) is 11.2. The Bertz CT molecular complexity index is 1070. The van der Waals surface area contributed by atoms with E-state index in [1.165, 1.54) is 6.07 Å². The minimum Gasteiger partial charge on any atom is -0.493 e. The van der Waals surface area contributed by atoms with Crippen LogP contribution in [-0.4, -0.2) is 12.5 Å². The highest BCUT2D eigenvalue weighted by Gasteiger charge is 2.43. The first-order valence-corrected chi connectivity index (χ1v) is 11.2. The molecule has 0 unspecified atom stereocenters. The molecule has 1 aliphatic carbocycles. The molecule has 0 aliphatic heterocycles. The lowest BCUT2D eigenvalue weighted by atomic mass is 9.68. The quantitative estimate of drug-likeness (QED) is 0.474. The highest BCUT2D eigenvalue weighted by Crippen LogP contribution is 2.42. The summed E-state index contributed by atoms with van der Waals surface area (Å²) >= 11 is 0. The van der Waals surface area contributed by atoms with Gasteiger partial charge in [-0.1, -0.05) is 75.6 Å². The minimum atomic E-state index is -0.836. The normalized spacial score (nSPS) is 15.7. The fourth-order valence-electron chi connectivity index (χ4n) is 4.63. The van der Waals surface area contributed by atoms with Crippen molar-refractivity contribution < 1.29 is 13.9 Å². The van der Waals surface area contributed by atoms with Gasteiger partial charge in [0.1, 0.15) is 11.6 Å². The summed E-state index contributed by atoms with van der Waals surface area (Å²) in [6.45, 7) is 4.86. The van der Waals surface area contributed by atoms with Crippen LogP contribution < -0.4 is 10.1 Å². The molecule has 3 aromatic carbocycles. The highest BCUT2D eigenvalue weighted by atomic mass is 19.1. The van der Waals surface area contributed by atoms with Gasteiger partial charge in [0.15, 0.2) is 0 Å². The van der Waals surface area contributed by atoms with Gasteiger partial charge in [-0.2, -0.15) is 0 Å². The maximum absolute atomic E-state index is 14.8. The molecular weight excluding hydrogens is 389 g/mol. The zero-order chi connectivity index (χ0) is 21.8. The lowest BCUT2D eigenvalue weighted by Crippen LogP contribution is -2.42. The number of ether oxygens (including phenoxy) is 1. The van der Waals surface area contributed by atoms with E-state index < -0.39 is 5.41 Å². The molecular formula is C27H30FNO2. The zero-order valence-corrected chi connectivity index (χ0v) is 18.3. The van der Waals surface area contributed by atoms with Crippen LogP contribution in [0.3, 0.4) is 0 Å². The predicted octanol–water partition coefficient (Wildman–Crippen LogP) is 6.85. The number of nitrogens with one attached hydrogen (secondary N) is 1. The molecule has 1 amide bonds. The molecule has 0 radical (unpaired) electrons. The molecule has 1 N–H and O–H groups in total. The molecule has 1 aliphatic rings. The molecule has 3 nitrogen and oxygen atoms in total. The highest BCUT2D eigenvalue weighted by molar-refractivity contribution is 6.07. The lowest BCUT2D eigenvalue weighted by molar-refractivity contribution is -0.122. The van der Waals surface area contributed by atoms with E-state index in [-0.39, 0.29) is 11.7 Å². The van der Waals surface area contributed by atoms with E-state index in [1.807, 2.05) is 42.5 Å². The number of benzene rings is 3. The monoisotopic (exact) mass is 419 g/mol. The van der Waals surface area contributed by atoms with Crippen molar-refractivity contribution in [2.75, 3.05) is 11.9 Å². The lowest BCUT2D eigenvalue weighted by Gasteiger charge is -2.36. The van der Waals surface area contributed by atoms with Crippen molar-refractivity contribution in [2.24, 2.45) is 5.92 Å². The first-order chi connectivity index (χ1) is 15.0. The number of rotatable bonds is 6. The van der Waals surface area contributed by atoms with Crippen molar-refractivity contribution in [1.29, 1.82) is 0 Å². The maximum atomic E-state index is 14.8. The van der Waals surface area contributed by atoms with Gasteiger partial charge >= 0.3 is 0 Å². The Kier molecular flexibility index (Phi) is 6.26. The van der Waals surface area contributed by atoms with Crippen molar-refractivity contribution in [3.05, 3.63) is 72.0 Å².